The Morgan fingerprint density at radius 2 is 1.94 bits per heavy atom. The molecule has 178 valence electrons. The van der Waals surface area contributed by atoms with Gasteiger partial charge in [-0.15, -0.1) is 11.8 Å². The van der Waals surface area contributed by atoms with Crippen molar-refractivity contribution < 1.29 is 19.1 Å². The highest BCUT2D eigenvalue weighted by Crippen LogP contribution is 2.35. The van der Waals surface area contributed by atoms with Gasteiger partial charge in [0.1, 0.15) is 12.4 Å². The zero-order chi connectivity index (χ0) is 23.0. The van der Waals surface area contributed by atoms with Gasteiger partial charge < -0.3 is 23.8 Å². The van der Waals surface area contributed by atoms with Crippen LogP contribution in [0.5, 0.6) is 0 Å². The largest absolute Gasteiger partial charge is 0.379 e. The van der Waals surface area contributed by atoms with Crippen LogP contribution in [-0.2, 0) is 25.6 Å². The molecule has 2 aliphatic rings. The second-order valence-electron chi connectivity index (χ2n) is 8.18. The van der Waals surface area contributed by atoms with Gasteiger partial charge in [0.2, 0.25) is 11.8 Å². The minimum atomic E-state index is -0.00700. The molecule has 2 aliphatic heterocycles. The van der Waals surface area contributed by atoms with Crippen LogP contribution in [0.15, 0.2) is 41.6 Å². The van der Waals surface area contributed by atoms with Crippen LogP contribution in [0.25, 0.3) is 0 Å². The van der Waals surface area contributed by atoms with Crippen molar-refractivity contribution in [3.63, 3.8) is 0 Å². The van der Waals surface area contributed by atoms with Crippen LogP contribution >= 0.6 is 11.8 Å². The summed E-state index contributed by atoms with van der Waals surface area (Å²) in [6.07, 6.45) is 5.57. The molecule has 0 aliphatic carbocycles. The van der Waals surface area contributed by atoms with Crippen molar-refractivity contribution in [3.8, 4) is 0 Å². The van der Waals surface area contributed by atoms with Crippen LogP contribution < -0.4 is 4.90 Å². The van der Waals surface area contributed by atoms with E-state index in [1.165, 1.54) is 11.8 Å². The average molecular weight is 473 g/mol. The number of hydrogen-bond donors (Lipinski definition) is 0. The normalized spacial score (nSPS) is 16.8. The van der Waals surface area contributed by atoms with E-state index >= 15 is 0 Å². The molecule has 0 bridgehead atoms. The highest BCUT2D eigenvalue weighted by molar-refractivity contribution is 8.00. The summed E-state index contributed by atoms with van der Waals surface area (Å²) in [7, 11) is 0. The number of hydrogen-bond acceptors (Lipinski definition) is 6. The van der Waals surface area contributed by atoms with E-state index in [-0.39, 0.29) is 18.4 Å². The first-order chi connectivity index (χ1) is 16.2. The third-order valence-electron chi connectivity index (χ3n) is 6.11. The van der Waals surface area contributed by atoms with E-state index in [0.717, 1.165) is 35.8 Å². The predicted molar refractivity (Wildman–Crippen MR) is 128 cm³/mol. The zero-order valence-corrected chi connectivity index (χ0v) is 20.0. The van der Waals surface area contributed by atoms with Crippen LogP contribution in [0.2, 0.25) is 0 Å². The molecule has 1 saturated heterocycles. The van der Waals surface area contributed by atoms with Crippen LogP contribution in [-0.4, -0.2) is 78.1 Å². The van der Waals surface area contributed by atoms with Crippen molar-refractivity contribution >= 4 is 29.3 Å². The fourth-order valence-corrected chi connectivity index (χ4v) is 5.28. The van der Waals surface area contributed by atoms with Crippen LogP contribution in [0.1, 0.15) is 31.5 Å². The predicted octanol–water partition coefficient (Wildman–Crippen LogP) is 2.78. The number of carbonyl (C=O) groups is 2. The Morgan fingerprint density at radius 1 is 1.15 bits per heavy atom. The summed E-state index contributed by atoms with van der Waals surface area (Å²) >= 11 is 1.53. The summed E-state index contributed by atoms with van der Waals surface area (Å²) in [5.74, 6) is 1.76. The molecule has 8 nitrogen and oxygen atoms in total. The quantitative estimate of drug-likeness (QED) is 0.495. The van der Waals surface area contributed by atoms with E-state index in [4.69, 9.17) is 9.47 Å². The lowest BCUT2D eigenvalue weighted by atomic mass is 9.95. The standard InChI is InChI=1S/C24H32N4O4S/c1-2-31-15-16-32-14-13-27-12-9-25-24(27)19-7-10-26(11-8-19)22(29)17-28-20-5-3-4-6-21(20)33-18-23(28)30/h3-6,9,12,19H,2,7-8,10-11,13-18H2,1H3. The van der Waals surface area contributed by atoms with E-state index in [0.29, 0.717) is 51.2 Å². The van der Waals surface area contributed by atoms with Crippen LogP contribution in [0, 0.1) is 0 Å². The van der Waals surface area contributed by atoms with E-state index in [9.17, 15) is 9.59 Å². The lowest BCUT2D eigenvalue weighted by molar-refractivity contribution is -0.132. The summed E-state index contributed by atoms with van der Waals surface area (Å²) in [6, 6.07) is 7.79. The van der Waals surface area contributed by atoms with Gasteiger partial charge >= 0.3 is 0 Å². The summed E-state index contributed by atoms with van der Waals surface area (Å²) in [5.41, 5.74) is 0.840. The number of para-hydroxylation sites is 1. The SMILES string of the molecule is CCOCCOCCn1ccnc1C1CCN(C(=O)CN2C(=O)CSc3ccccc32)CC1. The average Bonchev–Trinajstić information content (AvgIpc) is 3.31. The summed E-state index contributed by atoms with van der Waals surface area (Å²) in [5, 5.41) is 0. The van der Waals surface area contributed by atoms with Gasteiger partial charge in [-0.3, -0.25) is 9.59 Å². The van der Waals surface area contributed by atoms with Crippen LogP contribution in [0.4, 0.5) is 5.69 Å². The lowest BCUT2D eigenvalue weighted by Crippen LogP contribution is -2.47. The number of piperidine rings is 1. The number of benzene rings is 1. The maximum Gasteiger partial charge on any atom is 0.242 e. The molecule has 2 aromatic rings. The maximum absolute atomic E-state index is 13.0. The first-order valence-electron chi connectivity index (χ1n) is 11.6. The smallest absolute Gasteiger partial charge is 0.242 e. The Kier molecular flexibility index (Phi) is 8.41. The molecule has 0 unspecified atom stereocenters. The molecular formula is C24H32N4O4S. The number of amides is 2. The van der Waals surface area contributed by atoms with Crippen molar-refractivity contribution in [1.82, 2.24) is 14.5 Å². The summed E-state index contributed by atoms with van der Waals surface area (Å²) in [4.78, 5) is 34.7. The molecule has 4 rings (SSSR count). The van der Waals surface area contributed by atoms with Gasteiger partial charge in [0.15, 0.2) is 0 Å². The van der Waals surface area contributed by atoms with Crippen molar-refractivity contribution in [2.75, 3.05) is 56.7 Å². The third kappa shape index (κ3) is 5.96. The fraction of sp³-hybridized carbons (Fsp3) is 0.542. The van der Waals surface area contributed by atoms with Gasteiger partial charge in [-0.1, -0.05) is 12.1 Å². The van der Waals surface area contributed by atoms with Crippen molar-refractivity contribution in [1.29, 1.82) is 0 Å². The second-order valence-corrected chi connectivity index (χ2v) is 9.20. The minimum Gasteiger partial charge on any atom is -0.379 e. The molecule has 0 N–H and O–H groups in total. The van der Waals surface area contributed by atoms with E-state index in [1.807, 2.05) is 48.5 Å². The monoisotopic (exact) mass is 472 g/mol. The number of likely N-dealkylation sites (tertiary alicyclic amines) is 1. The van der Waals surface area contributed by atoms with Crippen molar-refractivity contribution in [3.05, 3.63) is 42.5 Å². The molecule has 0 spiro atoms. The third-order valence-corrected chi connectivity index (χ3v) is 7.16. The molecule has 0 atom stereocenters. The molecule has 0 saturated carbocycles. The minimum absolute atomic E-state index is 0.00700. The van der Waals surface area contributed by atoms with E-state index < -0.39 is 0 Å². The van der Waals surface area contributed by atoms with E-state index in [1.54, 1.807) is 4.90 Å². The topological polar surface area (TPSA) is 76.9 Å². The number of fused-ring (bicyclic) bond motifs is 1. The lowest BCUT2D eigenvalue weighted by Gasteiger charge is -2.34. The molecule has 1 aromatic heterocycles. The Labute approximate surface area is 199 Å². The molecular weight excluding hydrogens is 440 g/mol. The highest BCUT2D eigenvalue weighted by atomic mass is 32.2. The van der Waals surface area contributed by atoms with Crippen molar-refractivity contribution in [2.45, 2.75) is 37.1 Å². The Hall–Kier alpha value is -2.36. The summed E-state index contributed by atoms with van der Waals surface area (Å²) < 4.78 is 13.1. The number of anilines is 1. The summed E-state index contributed by atoms with van der Waals surface area (Å²) in [6.45, 7) is 6.74. The number of rotatable bonds is 10. The number of aromatic nitrogens is 2. The number of ether oxygens (including phenoxy) is 2. The second kappa shape index (κ2) is 11.7. The number of nitrogens with zero attached hydrogens (tertiary/aromatic N) is 4. The maximum atomic E-state index is 13.0. The molecule has 1 aromatic carbocycles. The molecule has 33 heavy (non-hydrogen) atoms. The Balaban J connectivity index is 1.27. The van der Waals surface area contributed by atoms with Gasteiger partial charge in [0.25, 0.3) is 0 Å². The Bertz CT molecular complexity index is 942. The van der Waals surface area contributed by atoms with Crippen molar-refractivity contribution in [2.24, 2.45) is 0 Å². The Morgan fingerprint density at radius 3 is 2.76 bits per heavy atom. The van der Waals surface area contributed by atoms with Gasteiger partial charge in [-0.2, -0.15) is 0 Å². The van der Waals surface area contributed by atoms with Gasteiger partial charge in [0, 0.05) is 49.4 Å². The molecule has 1 fully saturated rings. The molecule has 9 heteroatoms. The zero-order valence-electron chi connectivity index (χ0n) is 19.1. The molecule has 0 radical (unpaired) electrons. The fourth-order valence-electron chi connectivity index (χ4n) is 4.35. The highest BCUT2D eigenvalue weighted by Gasteiger charge is 2.30. The van der Waals surface area contributed by atoms with Gasteiger partial charge in [-0.25, -0.2) is 4.98 Å². The molecule has 3 heterocycles. The number of imidazole rings is 1. The molecule has 2 amide bonds. The van der Waals surface area contributed by atoms with Gasteiger partial charge in [-0.05, 0) is 31.9 Å². The first-order valence-corrected chi connectivity index (χ1v) is 12.6. The van der Waals surface area contributed by atoms with Crippen LogP contribution in [0.3, 0.4) is 0 Å². The number of carbonyl (C=O) groups excluding carboxylic acids is 2. The number of thioether (sulfide) groups is 1. The van der Waals surface area contributed by atoms with Gasteiger partial charge in [0.05, 0.1) is 31.3 Å². The first kappa shape index (κ1) is 23.8. The van der Waals surface area contributed by atoms with E-state index in [2.05, 4.69) is 9.55 Å².